The van der Waals surface area contributed by atoms with Crippen LogP contribution in [0.4, 0.5) is 10.2 Å². The summed E-state index contributed by atoms with van der Waals surface area (Å²) < 4.78 is 13.1. The predicted octanol–water partition coefficient (Wildman–Crippen LogP) is 1.71. The fourth-order valence-corrected chi connectivity index (χ4v) is 4.77. The summed E-state index contributed by atoms with van der Waals surface area (Å²) in [5, 5.41) is 3.92. The number of rotatable bonds is 4. The van der Waals surface area contributed by atoms with E-state index in [2.05, 4.69) is 22.2 Å². The first-order valence-corrected chi connectivity index (χ1v) is 10.6. The van der Waals surface area contributed by atoms with Crippen molar-refractivity contribution in [3.05, 3.63) is 51.9 Å². The van der Waals surface area contributed by atoms with Gasteiger partial charge in [0.15, 0.2) is 0 Å². The molecule has 1 aliphatic heterocycles. The zero-order chi connectivity index (χ0) is 20.5. The quantitative estimate of drug-likeness (QED) is 0.682. The largest absolute Gasteiger partial charge is 0.347 e. The van der Waals surface area contributed by atoms with Crippen LogP contribution in [0, 0.1) is 19.7 Å². The third kappa shape index (κ3) is 4.09. The molecule has 0 atom stereocenters. The molecule has 2 aromatic heterocycles. The van der Waals surface area contributed by atoms with E-state index < -0.39 is 0 Å². The molecule has 1 aromatic carbocycles. The Morgan fingerprint density at radius 2 is 1.90 bits per heavy atom. The van der Waals surface area contributed by atoms with Gasteiger partial charge in [-0.2, -0.15) is 0 Å². The van der Waals surface area contributed by atoms with Gasteiger partial charge in [-0.05, 0) is 37.1 Å². The van der Waals surface area contributed by atoms with Gasteiger partial charge in [0.2, 0.25) is 0 Å². The average molecular weight is 415 g/mol. The van der Waals surface area contributed by atoms with Crippen molar-refractivity contribution in [2.45, 2.75) is 20.4 Å². The van der Waals surface area contributed by atoms with E-state index in [4.69, 9.17) is 4.98 Å². The van der Waals surface area contributed by atoms with Crippen LogP contribution in [0.25, 0.3) is 10.2 Å². The molecule has 0 unspecified atom stereocenters. The van der Waals surface area contributed by atoms with Gasteiger partial charge in [-0.25, -0.2) is 14.4 Å². The molecule has 1 saturated heterocycles. The highest BCUT2D eigenvalue weighted by Gasteiger charge is 2.25. The van der Waals surface area contributed by atoms with Gasteiger partial charge in [0.05, 0.1) is 43.5 Å². The second kappa shape index (κ2) is 8.04. The number of likely N-dealkylation sites (N-methyl/N-ethyl adjacent to an activating group) is 1. The molecule has 1 amide bonds. The van der Waals surface area contributed by atoms with Crippen molar-refractivity contribution in [2.24, 2.45) is 0 Å². The molecule has 8 heteroatoms. The van der Waals surface area contributed by atoms with E-state index in [1.165, 1.54) is 28.4 Å². The molecule has 0 spiro atoms. The number of nitrogens with one attached hydrogen (secondary N) is 2. The standard InChI is InChI=1S/C21H24FN5OS/c1-13-17-19(27-10-8-26(3)9-11-27)24-14(2)25-21(17)29-18(13)20(28)23-12-15-4-6-16(22)7-5-15/h4-7H,8-12H2,1-3H3,(H,23,28)/p+1. The lowest BCUT2D eigenvalue weighted by molar-refractivity contribution is -0.880. The highest BCUT2D eigenvalue weighted by molar-refractivity contribution is 7.20. The van der Waals surface area contributed by atoms with Crippen molar-refractivity contribution >= 4 is 33.3 Å². The zero-order valence-corrected chi connectivity index (χ0v) is 17.7. The maximum atomic E-state index is 13.1. The Morgan fingerprint density at radius 1 is 1.21 bits per heavy atom. The third-order valence-electron chi connectivity index (χ3n) is 5.37. The Balaban J connectivity index is 1.62. The van der Waals surface area contributed by atoms with Gasteiger partial charge in [-0.3, -0.25) is 4.79 Å². The second-order valence-electron chi connectivity index (χ2n) is 7.58. The van der Waals surface area contributed by atoms with Crippen LogP contribution >= 0.6 is 11.3 Å². The second-order valence-corrected chi connectivity index (χ2v) is 8.58. The maximum absolute atomic E-state index is 13.1. The van der Waals surface area contributed by atoms with E-state index in [0.717, 1.165) is 59.2 Å². The predicted molar refractivity (Wildman–Crippen MR) is 113 cm³/mol. The Kier molecular flexibility index (Phi) is 5.47. The molecule has 3 aromatic rings. The molecule has 1 fully saturated rings. The number of anilines is 1. The molecular formula is C21H25FN5OS+. The van der Waals surface area contributed by atoms with Crippen LogP contribution < -0.4 is 15.1 Å². The van der Waals surface area contributed by atoms with Crippen molar-refractivity contribution in [2.75, 3.05) is 38.1 Å². The number of fused-ring (bicyclic) bond motifs is 1. The summed E-state index contributed by atoms with van der Waals surface area (Å²) >= 11 is 1.41. The molecule has 2 N–H and O–H groups in total. The molecule has 1 aliphatic rings. The SMILES string of the molecule is Cc1nc(N2CC[NH+](C)CC2)c2c(C)c(C(=O)NCc3ccc(F)cc3)sc2n1. The Morgan fingerprint density at radius 3 is 2.59 bits per heavy atom. The number of amides is 1. The summed E-state index contributed by atoms with van der Waals surface area (Å²) in [4.78, 5) is 27.5. The number of benzene rings is 1. The molecule has 0 radical (unpaired) electrons. The van der Waals surface area contributed by atoms with Gasteiger partial charge in [-0.1, -0.05) is 12.1 Å². The topological polar surface area (TPSA) is 62.6 Å². The van der Waals surface area contributed by atoms with Crippen LogP contribution in [0.15, 0.2) is 24.3 Å². The van der Waals surface area contributed by atoms with Gasteiger partial charge in [-0.15, -0.1) is 11.3 Å². The lowest BCUT2D eigenvalue weighted by Gasteiger charge is -2.31. The van der Waals surface area contributed by atoms with Crippen LogP contribution in [0.3, 0.4) is 0 Å². The minimum atomic E-state index is -0.285. The number of hydrogen-bond donors (Lipinski definition) is 2. The van der Waals surface area contributed by atoms with Crippen molar-refractivity contribution in [1.29, 1.82) is 0 Å². The third-order valence-corrected chi connectivity index (χ3v) is 6.56. The first kappa shape index (κ1) is 19.7. The minimum Gasteiger partial charge on any atom is -0.347 e. The number of hydrogen-bond acceptors (Lipinski definition) is 5. The number of aromatic nitrogens is 2. The molecule has 3 heterocycles. The molecule has 0 saturated carbocycles. The summed E-state index contributed by atoms with van der Waals surface area (Å²) in [5.74, 6) is 1.23. The summed E-state index contributed by atoms with van der Waals surface area (Å²) in [6, 6.07) is 6.15. The summed E-state index contributed by atoms with van der Waals surface area (Å²) in [6.45, 7) is 8.24. The normalized spacial score (nSPS) is 15.1. The first-order chi connectivity index (χ1) is 13.9. The lowest BCUT2D eigenvalue weighted by atomic mass is 10.1. The van der Waals surface area contributed by atoms with Gasteiger partial charge in [0.25, 0.3) is 5.91 Å². The molecule has 29 heavy (non-hydrogen) atoms. The van der Waals surface area contributed by atoms with Crippen LogP contribution in [0.2, 0.25) is 0 Å². The van der Waals surface area contributed by atoms with E-state index >= 15 is 0 Å². The fourth-order valence-electron chi connectivity index (χ4n) is 3.63. The van der Waals surface area contributed by atoms with E-state index in [9.17, 15) is 9.18 Å². The van der Waals surface area contributed by atoms with Crippen molar-refractivity contribution in [3.63, 3.8) is 0 Å². The van der Waals surface area contributed by atoms with Gasteiger partial charge in [0.1, 0.15) is 22.3 Å². The Hall–Kier alpha value is -2.58. The molecule has 152 valence electrons. The van der Waals surface area contributed by atoms with Crippen LogP contribution in [0.5, 0.6) is 0 Å². The van der Waals surface area contributed by atoms with Gasteiger partial charge >= 0.3 is 0 Å². The number of carbonyl (C=O) groups is 1. The lowest BCUT2D eigenvalue weighted by Crippen LogP contribution is -3.12. The van der Waals surface area contributed by atoms with Crippen molar-refractivity contribution in [1.82, 2.24) is 15.3 Å². The molecule has 4 rings (SSSR count). The fraction of sp³-hybridized carbons (Fsp3) is 0.381. The Bertz CT molecular complexity index is 1040. The van der Waals surface area contributed by atoms with Crippen LogP contribution in [0.1, 0.15) is 26.6 Å². The number of nitrogens with zero attached hydrogens (tertiary/aromatic N) is 3. The molecule has 0 aliphatic carbocycles. The monoisotopic (exact) mass is 414 g/mol. The number of carbonyl (C=O) groups excluding carboxylic acids is 1. The van der Waals surface area contributed by atoms with E-state index in [-0.39, 0.29) is 11.7 Å². The van der Waals surface area contributed by atoms with Crippen LogP contribution in [-0.2, 0) is 6.54 Å². The van der Waals surface area contributed by atoms with E-state index in [1.54, 1.807) is 12.1 Å². The molecule has 0 bridgehead atoms. The number of quaternary nitrogens is 1. The minimum absolute atomic E-state index is 0.138. The summed E-state index contributed by atoms with van der Waals surface area (Å²) in [7, 11) is 2.21. The van der Waals surface area contributed by atoms with Gasteiger partial charge in [0, 0.05) is 6.54 Å². The van der Waals surface area contributed by atoms with E-state index in [0.29, 0.717) is 11.4 Å². The smallest absolute Gasteiger partial charge is 0.261 e. The summed E-state index contributed by atoms with van der Waals surface area (Å²) in [5.41, 5.74) is 1.78. The number of thiophene rings is 1. The van der Waals surface area contributed by atoms with Gasteiger partial charge < -0.3 is 15.1 Å². The number of aryl methyl sites for hydroxylation is 2. The zero-order valence-electron chi connectivity index (χ0n) is 16.9. The first-order valence-electron chi connectivity index (χ1n) is 9.79. The highest BCUT2D eigenvalue weighted by Crippen LogP contribution is 2.35. The number of piperazine rings is 1. The average Bonchev–Trinajstić information content (AvgIpc) is 3.03. The Labute approximate surface area is 173 Å². The molecule has 6 nitrogen and oxygen atoms in total. The van der Waals surface area contributed by atoms with Crippen LogP contribution in [-0.4, -0.2) is 49.1 Å². The van der Waals surface area contributed by atoms with E-state index in [1.807, 2.05) is 13.8 Å². The maximum Gasteiger partial charge on any atom is 0.261 e. The number of halogens is 1. The highest BCUT2D eigenvalue weighted by atomic mass is 32.1. The summed E-state index contributed by atoms with van der Waals surface area (Å²) in [6.07, 6.45) is 0. The van der Waals surface area contributed by atoms with Crippen molar-refractivity contribution in [3.8, 4) is 0 Å². The molecular weight excluding hydrogens is 389 g/mol. The van der Waals surface area contributed by atoms with Crippen molar-refractivity contribution < 1.29 is 14.1 Å².